The number of hydrogen-bond donors (Lipinski definition) is 4. The second kappa shape index (κ2) is 10.8. The minimum atomic E-state index is -0.504. The van der Waals surface area contributed by atoms with E-state index in [0.29, 0.717) is 23.6 Å². The molecule has 2 aliphatic rings. The van der Waals surface area contributed by atoms with E-state index in [1.165, 1.54) is 12.8 Å². The summed E-state index contributed by atoms with van der Waals surface area (Å²) in [4.78, 5) is 32.8. The lowest BCUT2D eigenvalue weighted by atomic mass is 9.91. The Hall–Kier alpha value is -3.59. The van der Waals surface area contributed by atoms with E-state index in [1.54, 1.807) is 13.3 Å². The monoisotopic (exact) mass is 506 g/mol. The number of aryl methyl sites for hydroxylation is 1. The van der Waals surface area contributed by atoms with Crippen LogP contribution >= 0.6 is 0 Å². The molecular formula is C28H34N4O5. The first-order chi connectivity index (χ1) is 18.0. The summed E-state index contributed by atoms with van der Waals surface area (Å²) in [7, 11) is 1.64. The van der Waals surface area contributed by atoms with Crippen molar-refractivity contribution in [3.8, 4) is 22.6 Å². The van der Waals surface area contributed by atoms with Crippen LogP contribution in [-0.4, -0.2) is 59.3 Å². The number of nitrogens with one attached hydrogen (secondary N) is 3. The van der Waals surface area contributed by atoms with Crippen molar-refractivity contribution in [3.63, 3.8) is 0 Å². The lowest BCUT2D eigenvalue weighted by Gasteiger charge is -2.29. The number of rotatable bonds is 9. The fraction of sp³-hybridized carbons (Fsp3) is 0.464. The fourth-order valence-electron chi connectivity index (χ4n) is 5.08. The molecule has 0 atom stereocenters. The number of aromatic nitrogens is 2. The van der Waals surface area contributed by atoms with Gasteiger partial charge in [-0.25, -0.2) is 0 Å². The first kappa shape index (κ1) is 25.1. The Labute approximate surface area is 216 Å². The summed E-state index contributed by atoms with van der Waals surface area (Å²) in [6.45, 7) is 2.06. The van der Waals surface area contributed by atoms with Crippen LogP contribution in [0.25, 0.3) is 22.2 Å². The number of benzene rings is 1. The Bertz CT molecular complexity index is 1290. The molecule has 0 aliphatic heterocycles. The van der Waals surface area contributed by atoms with Gasteiger partial charge in [-0.3, -0.25) is 14.6 Å². The van der Waals surface area contributed by atoms with Crippen LogP contribution in [0, 0.1) is 12.8 Å². The van der Waals surface area contributed by atoms with E-state index < -0.39 is 6.61 Å². The Balaban J connectivity index is 1.37. The predicted molar refractivity (Wildman–Crippen MR) is 140 cm³/mol. The number of carbonyl (C=O) groups is 2. The van der Waals surface area contributed by atoms with Gasteiger partial charge in [0.25, 0.3) is 5.91 Å². The molecule has 1 aromatic carbocycles. The van der Waals surface area contributed by atoms with E-state index in [0.717, 1.165) is 59.5 Å². The molecule has 2 fully saturated rings. The standard InChI is InChI=1S/C28H34N4O5/c1-16-25(28(35)32-19-7-5-18(6-8-19)31-24(34)14-33)27-26(30-16)22(11-12-29-27)21-10-9-20(36-2)13-23(21)37-15-17-3-4-17/h9-13,17-19,30,33H,3-8,14-15H2,1-2H3,(H,31,34)(H,32,35)/t18-,19+. The number of amides is 2. The summed E-state index contributed by atoms with van der Waals surface area (Å²) in [6.07, 6.45) is 7.16. The normalized spacial score (nSPS) is 19.4. The molecule has 9 nitrogen and oxygen atoms in total. The van der Waals surface area contributed by atoms with Crippen LogP contribution in [0.3, 0.4) is 0 Å². The summed E-state index contributed by atoms with van der Waals surface area (Å²) < 4.78 is 11.6. The first-order valence-corrected chi connectivity index (χ1v) is 13.0. The summed E-state index contributed by atoms with van der Waals surface area (Å²) in [5.74, 6) is 1.58. The number of aliphatic hydroxyl groups excluding tert-OH is 1. The van der Waals surface area contributed by atoms with Crippen LogP contribution in [0.2, 0.25) is 0 Å². The van der Waals surface area contributed by atoms with E-state index in [1.807, 2.05) is 31.2 Å². The smallest absolute Gasteiger partial charge is 0.255 e. The molecule has 0 spiro atoms. The zero-order valence-corrected chi connectivity index (χ0v) is 21.3. The van der Waals surface area contributed by atoms with E-state index in [9.17, 15) is 9.59 Å². The minimum Gasteiger partial charge on any atom is -0.497 e. The molecule has 5 rings (SSSR count). The highest BCUT2D eigenvalue weighted by molar-refractivity contribution is 6.09. The molecule has 0 radical (unpaired) electrons. The second-order valence-electron chi connectivity index (χ2n) is 10.1. The molecule has 9 heteroatoms. The van der Waals surface area contributed by atoms with Gasteiger partial charge in [-0.1, -0.05) is 0 Å². The summed E-state index contributed by atoms with van der Waals surface area (Å²) in [5, 5.41) is 14.9. The van der Waals surface area contributed by atoms with Crippen LogP contribution < -0.4 is 20.1 Å². The Morgan fingerprint density at radius 3 is 2.46 bits per heavy atom. The van der Waals surface area contributed by atoms with Crippen molar-refractivity contribution in [3.05, 3.63) is 41.7 Å². The summed E-state index contributed by atoms with van der Waals surface area (Å²) in [5.41, 5.74) is 4.56. The topological polar surface area (TPSA) is 126 Å². The second-order valence-corrected chi connectivity index (χ2v) is 10.1. The lowest BCUT2D eigenvalue weighted by molar-refractivity contribution is -0.124. The van der Waals surface area contributed by atoms with Crippen molar-refractivity contribution in [1.29, 1.82) is 0 Å². The number of nitrogens with zero attached hydrogens (tertiary/aromatic N) is 1. The van der Waals surface area contributed by atoms with E-state index in [2.05, 4.69) is 20.6 Å². The maximum Gasteiger partial charge on any atom is 0.255 e. The Morgan fingerprint density at radius 2 is 1.78 bits per heavy atom. The van der Waals surface area contributed by atoms with Crippen LogP contribution in [-0.2, 0) is 4.79 Å². The van der Waals surface area contributed by atoms with Gasteiger partial charge in [0.2, 0.25) is 5.91 Å². The molecule has 37 heavy (non-hydrogen) atoms. The van der Waals surface area contributed by atoms with Crippen molar-refractivity contribution in [2.45, 2.75) is 57.5 Å². The summed E-state index contributed by atoms with van der Waals surface area (Å²) in [6, 6.07) is 7.80. The zero-order chi connectivity index (χ0) is 25.9. The molecule has 0 bridgehead atoms. The average Bonchev–Trinajstić information content (AvgIpc) is 3.67. The van der Waals surface area contributed by atoms with Crippen LogP contribution in [0.15, 0.2) is 30.5 Å². The third kappa shape index (κ3) is 5.56. The van der Waals surface area contributed by atoms with Gasteiger partial charge in [0, 0.05) is 41.2 Å². The van der Waals surface area contributed by atoms with Crippen molar-refractivity contribution >= 4 is 22.8 Å². The van der Waals surface area contributed by atoms with Crippen LogP contribution in [0.4, 0.5) is 0 Å². The quantitative estimate of drug-likeness (QED) is 0.352. The van der Waals surface area contributed by atoms with Crippen molar-refractivity contribution < 1.29 is 24.2 Å². The fourth-order valence-corrected chi connectivity index (χ4v) is 5.08. The largest absolute Gasteiger partial charge is 0.497 e. The van der Waals surface area contributed by atoms with Gasteiger partial charge in [0.05, 0.1) is 24.8 Å². The summed E-state index contributed by atoms with van der Waals surface area (Å²) >= 11 is 0. The minimum absolute atomic E-state index is 0.0197. The molecule has 0 saturated heterocycles. The number of fused-ring (bicyclic) bond motifs is 1. The maximum absolute atomic E-state index is 13.4. The molecular weight excluding hydrogens is 472 g/mol. The van der Waals surface area contributed by atoms with Crippen molar-refractivity contribution in [2.24, 2.45) is 5.92 Å². The molecule has 2 aliphatic carbocycles. The van der Waals surface area contributed by atoms with Gasteiger partial charge in [-0.05, 0) is 69.6 Å². The van der Waals surface area contributed by atoms with Crippen molar-refractivity contribution in [1.82, 2.24) is 20.6 Å². The molecule has 2 saturated carbocycles. The van der Waals surface area contributed by atoms with Crippen LogP contribution in [0.1, 0.15) is 54.6 Å². The molecule has 4 N–H and O–H groups in total. The van der Waals surface area contributed by atoms with Gasteiger partial charge in [0.1, 0.15) is 23.6 Å². The number of aromatic amines is 1. The molecule has 196 valence electrons. The van der Waals surface area contributed by atoms with Gasteiger partial charge in [-0.2, -0.15) is 0 Å². The molecule has 3 aromatic rings. The highest BCUT2D eigenvalue weighted by Gasteiger charge is 2.27. The van der Waals surface area contributed by atoms with Gasteiger partial charge in [0.15, 0.2) is 0 Å². The number of H-pyrrole nitrogens is 1. The number of ether oxygens (including phenoxy) is 2. The number of pyridine rings is 1. The van der Waals surface area contributed by atoms with Gasteiger partial charge < -0.3 is 30.2 Å². The van der Waals surface area contributed by atoms with E-state index in [-0.39, 0.29) is 23.9 Å². The third-order valence-corrected chi connectivity index (χ3v) is 7.32. The zero-order valence-electron chi connectivity index (χ0n) is 21.3. The average molecular weight is 507 g/mol. The molecule has 2 heterocycles. The number of carbonyl (C=O) groups excluding carboxylic acids is 2. The highest BCUT2D eigenvalue weighted by Crippen LogP contribution is 2.39. The lowest BCUT2D eigenvalue weighted by Crippen LogP contribution is -2.44. The molecule has 0 unspecified atom stereocenters. The third-order valence-electron chi connectivity index (χ3n) is 7.32. The van der Waals surface area contributed by atoms with Gasteiger partial charge in [-0.15, -0.1) is 0 Å². The highest BCUT2D eigenvalue weighted by atomic mass is 16.5. The predicted octanol–water partition coefficient (Wildman–Crippen LogP) is 3.49. The number of hydrogen-bond acceptors (Lipinski definition) is 6. The Morgan fingerprint density at radius 1 is 1.05 bits per heavy atom. The Kier molecular flexibility index (Phi) is 7.32. The SMILES string of the molecule is COc1ccc(-c2ccnc3c(C(=O)N[C@H]4CC[C@@H](NC(=O)CO)CC4)c(C)[nH]c23)c(OCC2CC2)c1. The van der Waals surface area contributed by atoms with E-state index in [4.69, 9.17) is 14.6 Å². The first-order valence-electron chi connectivity index (χ1n) is 13.0. The number of methoxy groups -OCH3 is 1. The van der Waals surface area contributed by atoms with E-state index >= 15 is 0 Å². The van der Waals surface area contributed by atoms with Crippen molar-refractivity contribution in [2.75, 3.05) is 20.3 Å². The molecule has 2 aromatic heterocycles. The van der Waals surface area contributed by atoms with Crippen LogP contribution in [0.5, 0.6) is 11.5 Å². The maximum atomic E-state index is 13.4. The molecule has 2 amide bonds. The van der Waals surface area contributed by atoms with Gasteiger partial charge >= 0.3 is 0 Å². The number of aliphatic hydroxyl groups is 1.